The molecule has 0 aromatic heterocycles. The zero-order chi connectivity index (χ0) is 19.8. The molecule has 146 valence electrons. The van der Waals surface area contributed by atoms with Crippen molar-refractivity contribution in [2.75, 3.05) is 6.54 Å². The number of ether oxygens (including phenoxy) is 1. The van der Waals surface area contributed by atoms with Crippen molar-refractivity contribution in [1.29, 1.82) is 0 Å². The zero-order valence-corrected chi connectivity index (χ0v) is 16.6. The number of hydrogen-bond donors (Lipinski definition) is 1. The average Bonchev–Trinajstić information content (AvgIpc) is 2.70. The van der Waals surface area contributed by atoms with Crippen molar-refractivity contribution in [2.24, 2.45) is 0 Å². The fraction of sp³-hybridized carbons (Fsp3) is 0.280. The second-order valence-corrected chi connectivity index (χ2v) is 7.26. The lowest BCUT2D eigenvalue weighted by Gasteiger charge is -2.19. The van der Waals surface area contributed by atoms with Crippen LogP contribution in [0.5, 0.6) is 5.75 Å². The topological polar surface area (TPSA) is 21.3 Å². The molecule has 1 unspecified atom stereocenters. The summed E-state index contributed by atoms with van der Waals surface area (Å²) in [6.07, 6.45) is 1.10. The van der Waals surface area contributed by atoms with E-state index in [1.54, 1.807) is 6.07 Å². The average molecular weight is 378 g/mol. The molecule has 1 atom stereocenters. The molecule has 0 aliphatic carbocycles. The monoisotopic (exact) mass is 377 g/mol. The predicted molar refractivity (Wildman–Crippen MR) is 113 cm³/mol. The largest absolute Gasteiger partial charge is 0.491 e. The van der Waals surface area contributed by atoms with Crippen LogP contribution in [0.3, 0.4) is 0 Å². The molecule has 0 amide bonds. The first kappa shape index (κ1) is 20.1. The molecule has 0 aliphatic heterocycles. The Morgan fingerprint density at radius 1 is 0.821 bits per heavy atom. The standard InChI is InChI=1S/C25H28FNO/c1-19(2)28-23-14-12-21(13-15-23)24(20-8-4-3-5-9-20)16-17-27-18-22-10-6-7-11-25(22)26/h3-15,19,24,27H,16-18H2,1-2H3. The van der Waals surface area contributed by atoms with Gasteiger partial charge in [-0.05, 0) is 56.1 Å². The second-order valence-electron chi connectivity index (χ2n) is 7.26. The number of nitrogens with one attached hydrogen (secondary N) is 1. The van der Waals surface area contributed by atoms with Crippen LogP contribution in [0, 0.1) is 5.82 Å². The lowest BCUT2D eigenvalue weighted by molar-refractivity contribution is 0.242. The summed E-state index contributed by atoms with van der Waals surface area (Å²) in [5, 5.41) is 3.39. The van der Waals surface area contributed by atoms with Crippen molar-refractivity contribution < 1.29 is 9.13 Å². The minimum Gasteiger partial charge on any atom is -0.491 e. The van der Waals surface area contributed by atoms with Gasteiger partial charge in [0.2, 0.25) is 0 Å². The highest BCUT2D eigenvalue weighted by molar-refractivity contribution is 5.36. The molecule has 3 heteroatoms. The minimum absolute atomic E-state index is 0.157. The molecule has 0 heterocycles. The predicted octanol–water partition coefficient (Wildman–Crippen LogP) is 5.92. The fourth-order valence-corrected chi connectivity index (χ4v) is 3.37. The molecule has 3 aromatic rings. The van der Waals surface area contributed by atoms with E-state index in [-0.39, 0.29) is 17.8 Å². The van der Waals surface area contributed by atoms with Crippen molar-refractivity contribution in [3.63, 3.8) is 0 Å². The van der Waals surface area contributed by atoms with Crippen molar-refractivity contribution in [3.8, 4) is 5.75 Å². The minimum atomic E-state index is -0.157. The molecule has 0 saturated heterocycles. The molecule has 2 nitrogen and oxygen atoms in total. The van der Waals surface area contributed by atoms with Crippen molar-refractivity contribution in [3.05, 3.63) is 101 Å². The third-order valence-electron chi connectivity index (χ3n) is 4.74. The van der Waals surface area contributed by atoms with Gasteiger partial charge in [0.15, 0.2) is 0 Å². The molecule has 0 aliphatic rings. The number of halogens is 1. The van der Waals surface area contributed by atoms with E-state index >= 15 is 0 Å². The van der Waals surface area contributed by atoms with Gasteiger partial charge in [0, 0.05) is 18.0 Å². The summed E-state index contributed by atoms with van der Waals surface area (Å²) in [5.74, 6) is 1.01. The van der Waals surface area contributed by atoms with E-state index in [0.29, 0.717) is 12.1 Å². The molecule has 0 saturated carbocycles. The highest BCUT2D eigenvalue weighted by Crippen LogP contribution is 2.29. The van der Waals surface area contributed by atoms with Crippen LogP contribution >= 0.6 is 0 Å². The Balaban J connectivity index is 1.67. The molecule has 0 radical (unpaired) electrons. The highest BCUT2D eigenvalue weighted by atomic mass is 19.1. The second kappa shape index (κ2) is 10.0. The lowest BCUT2D eigenvalue weighted by atomic mass is 9.88. The van der Waals surface area contributed by atoms with Gasteiger partial charge >= 0.3 is 0 Å². The maximum atomic E-state index is 13.8. The molecule has 3 aromatic carbocycles. The Labute approximate surface area is 167 Å². The Kier molecular flexibility index (Phi) is 7.21. The van der Waals surface area contributed by atoms with Crippen molar-refractivity contribution in [2.45, 2.75) is 38.8 Å². The van der Waals surface area contributed by atoms with Gasteiger partial charge in [-0.2, -0.15) is 0 Å². The maximum absolute atomic E-state index is 13.8. The summed E-state index contributed by atoms with van der Waals surface area (Å²) < 4.78 is 19.5. The van der Waals surface area contributed by atoms with Crippen LogP contribution in [-0.2, 0) is 6.54 Å². The summed E-state index contributed by atoms with van der Waals surface area (Å²) in [6.45, 7) is 5.40. The van der Waals surface area contributed by atoms with Crippen LogP contribution in [0.2, 0.25) is 0 Å². The smallest absolute Gasteiger partial charge is 0.127 e. The lowest BCUT2D eigenvalue weighted by Crippen LogP contribution is -2.18. The number of rotatable bonds is 9. The van der Waals surface area contributed by atoms with E-state index in [2.05, 4.69) is 41.7 Å². The summed E-state index contributed by atoms with van der Waals surface area (Å²) >= 11 is 0. The van der Waals surface area contributed by atoms with Gasteiger partial charge < -0.3 is 10.1 Å². The SMILES string of the molecule is CC(C)Oc1ccc(C(CCNCc2ccccc2F)c2ccccc2)cc1. The molecule has 3 rings (SSSR count). The summed E-state index contributed by atoms with van der Waals surface area (Å²) in [6, 6.07) is 25.8. The van der Waals surface area contributed by atoms with Gasteiger partial charge in [0.05, 0.1) is 6.10 Å². The fourth-order valence-electron chi connectivity index (χ4n) is 3.37. The van der Waals surface area contributed by atoms with E-state index in [9.17, 15) is 4.39 Å². The normalized spacial score (nSPS) is 12.1. The van der Waals surface area contributed by atoms with Crippen LogP contribution in [0.25, 0.3) is 0 Å². The molecule has 0 bridgehead atoms. The molecule has 0 fully saturated rings. The summed E-state index contributed by atoms with van der Waals surface area (Å²) in [5.41, 5.74) is 3.25. The Morgan fingerprint density at radius 2 is 1.46 bits per heavy atom. The first-order chi connectivity index (χ1) is 13.6. The molecule has 28 heavy (non-hydrogen) atoms. The molecular formula is C25H28FNO. The van der Waals surface area contributed by atoms with E-state index < -0.39 is 0 Å². The van der Waals surface area contributed by atoms with Gasteiger partial charge in [-0.15, -0.1) is 0 Å². The van der Waals surface area contributed by atoms with E-state index in [0.717, 1.165) is 18.7 Å². The number of benzene rings is 3. The third kappa shape index (κ3) is 5.67. The zero-order valence-electron chi connectivity index (χ0n) is 16.6. The van der Waals surface area contributed by atoms with E-state index in [1.807, 2.05) is 44.2 Å². The van der Waals surface area contributed by atoms with Crippen LogP contribution < -0.4 is 10.1 Å². The van der Waals surface area contributed by atoms with Crippen LogP contribution in [0.15, 0.2) is 78.9 Å². The summed E-state index contributed by atoms with van der Waals surface area (Å²) in [4.78, 5) is 0. The summed E-state index contributed by atoms with van der Waals surface area (Å²) in [7, 11) is 0. The van der Waals surface area contributed by atoms with Gasteiger partial charge in [0.1, 0.15) is 11.6 Å². The van der Waals surface area contributed by atoms with Crippen LogP contribution in [0.1, 0.15) is 42.9 Å². The van der Waals surface area contributed by atoms with Crippen molar-refractivity contribution in [1.82, 2.24) is 5.32 Å². The first-order valence-electron chi connectivity index (χ1n) is 9.89. The third-order valence-corrected chi connectivity index (χ3v) is 4.74. The van der Waals surface area contributed by atoms with Gasteiger partial charge in [-0.3, -0.25) is 0 Å². The first-order valence-corrected chi connectivity index (χ1v) is 9.89. The van der Waals surface area contributed by atoms with E-state index in [1.165, 1.54) is 17.2 Å². The maximum Gasteiger partial charge on any atom is 0.127 e. The van der Waals surface area contributed by atoms with Crippen LogP contribution in [-0.4, -0.2) is 12.6 Å². The molecule has 0 spiro atoms. The van der Waals surface area contributed by atoms with Gasteiger partial charge in [-0.1, -0.05) is 60.7 Å². The van der Waals surface area contributed by atoms with E-state index in [4.69, 9.17) is 4.74 Å². The van der Waals surface area contributed by atoms with Crippen molar-refractivity contribution >= 4 is 0 Å². The quantitative estimate of drug-likeness (QED) is 0.467. The van der Waals surface area contributed by atoms with Gasteiger partial charge in [-0.25, -0.2) is 4.39 Å². The Bertz CT molecular complexity index is 846. The molecular weight excluding hydrogens is 349 g/mol. The Hall–Kier alpha value is -2.65. The Morgan fingerprint density at radius 3 is 2.14 bits per heavy atom. The number of hydrogen-bond acceptors (Lipinski definition) is 2. The van der Waals surface area contributed by atoms with Gasteiger partial charge in [0.25, 0.3) is 0 Å². The highest BCUT2D eigenvalue weighted by Gasteiger charge is 2.14. The molecule has 1 N–H and O–H groups in total. The van der Waals surface area contributed by atoms with Crippen LogP contribution in [0.4, 0.5) is 4.39 Å².